The molecule has 0 atom stereocenters. The molecule has 0 radical (unpaired) electrons. The van der Waals surface area contributed by atoms with Gasteiger partial charge in [-0.15, -0.1) is 13.2 Å². The molecule has 0 saturated carbocycles. The first-order chi connectivity index (χ1) is 24.7. The standard InChI is InChI=1S/C18H14BrF3N4O2.C17H14BrFN4O/c1-26-10-13(19)16(25-26)11-5-4-6-12(9-11)23-17(27)24-14-7-2-3-8-15(14)28-18(20,21)22;1-23-10-15(18)16(22-23)11-3-2-4-14(9-11)21-17(24)20-13-7-5-12(19)6-8-13/h2-10H,1H3,(H2,23,24,27);2-10H,1H3,(H2,20,21,24). The number of rotatable bonds is 7. The van der Waals surface area contributed by atoms with Crippen LogP contribution < -0.4 is 26.0 Å². The molecule has 17 heteroatoms. The van der Waals surface area contributed by atoms with Gasteiger partial charge in [0, 0.05) is 54.7 Å². The lowest BCUT2D eigenvalue weighted by atomic mass is 10.1. The quantitative estimate of drug-likeness (QED) is 0.119. The van der Waals surface area contributed by atoms with Crippen LogP contribution in [0.4, 0.5) is 49.9 Å². The molecule has 6 aromatic rings. The number of hydrogen-bond acceptors (Lipinski definition) is 5. The second kappa shape index (κ2) is 16.6. The van der Waals surface area contributed by atoms with Gasteiger partial charge in [0.2, 0.25) is 0 Å². The smallest absolute Gasteiger partial charge is 0.404 e. The van der Waals surface area contributed by atoms with Gasteiger partial charge in [-0.3, -0.25) is 9.36 Å². The number of nitrogens with one attached hydrogen (secondary N) is 4. The number of ether oxygens (including phenoxy) is 1. The predicted molar refractivity (Wildman–Crippen MR) is 197 cm³/mol. The zero-order valence-corrected chi connectivity index (χ0v) is 30.3. The predicted octanol–water partition coefficient (Wildman–Crippen LogP) is 10.0. The van der Waals surface area contributed by atoms with Crippen molar-refractivity contribution in [1.29, 1.82) is 0 Å². The minimum absolute atomic E-state index is 0.110. The van der Waals surface area contributed by atoms with Gasteiger partial charge in [0.1, 0.15) is 17.2 Å². The number of para-hydroxylation sites is 2. The summed E-state index contributed by atoms with van der Waals surface area (Å²) in [6.45, 7) is 0. The van der Waals surface area contributed by atoms with E-state index in [1.807, 2.05) is 37.5 Å². The van der Waals surface area contributed by atoms with Crippen molar-refractivity contribution in [3.63, 3.8) is 0 Å². The number of aryl methyl sites for hydroxylation is 2. The van der Waals surface area contributed by atoms with Crippen molar-refractivity contribution < 1.29 is 31.9 Å². The number of urea groups is 2. The summed E-state index contributed by atoms with van der Waals surface area (Å²) in [5, 5.41) is 19.0. The highest BCUT2D eigenvalue weighted by atomic mass is 79.9. The average molecular weight is 844 g/mol. The van der Waals surface area contributed by atoms with Crippen molar-refractivity contribution in [3.05, 3.63) is 124 Å². The molecular formula is C35H28Br2F4N8O3. The normalized spacial score (nSPS) is 10.8. The maximum Gasteiger partial charge on any atom is 0.573 e. The van der Waals surface area contributed by atoms with Gasteiger partial charge in [-0.05, 0) is 92.5 Å². The molecule has 11 nitrogen and oxygen atoms in total. The molecule has 0 fully saturated rings. The maximum absolute atomic E-state index is 12.9. The zero-order chi connectivity index (χ0) is 37.4. The molecule has 0 spiro atoms. The Morgan fingerprint density at radius 1 is 0.654 bits per heavy atom. The minimum atomic E-state index is -4.86. The molecule has 2 heterocycles. The van der Waals surface area contributed by atoms with Gasteiger partial charge in [-0.1, -0.05) is 36.4 Å². The van der Waals surface area contributed by atoms with Gasteiger partial charge in [0.15, 0.2) is 5.75 Å². The van der Waals surface area contributed by atoms with Gasteiger partial charge in [-0.25, -0.2) is 14.0 Å². The Bertz CT molecular complexity index is 2190. The van der Waals surface area contributed by atoms with Crippen molar-refractivity contribution in [3.8, 4) is 28.3 Å². The van der Waals surface area contributed by atoms with E-state index in [-0.39, 0.29) is 11.5 Å². The Hall–Kier alpha value is -5.68. The lowest BCUT2D eigenvalue weighted by Gasteiger charge is -2.14. The Labute approximate surface area is 311 Å². The molecule has 0 bridgehead atoms. The molecule has 2 aromatic heterocycles. The van der Waals surface area contributed by atoms with Crippen molar-refractivity contribution in [2.75, 3.05) is 21.3 Å². The molecule has 52 heavy (non-hydrogen) atoms. The monoisotopic (exact) mass is 842 g/mol. The van der Waals surface area contributed by atoms with Gasteiger partial charge in [-0.2, -0.15) is 10.2 Å². The summed E-state index contributed by atoms with van der Waals surface area (Å²) in [6, 6.07) is 24.0. The molecule has 4 N–H and O–H groups in total. The van der Waals surface area contributed by atoms with Crippen molar-refractivity contribution in [1.82, 2.24) is 19.6 Å². The van der Waals surface area contributed by atoms with Crippen LogP contribution in [0.3, 0.4) is 0 Å². The number of amides is 4. The van der Waals surface area contributed by atoms with Crippen molar-refractivity contribution in [2.24, 2.45) is 14.1 Å². The fraction of sp³-hybridized carbons (Fsp3) is 0.0857. The second-order valence-electron chi connectivity index (χ2n) is 10.9. The fourth-order valence-electron chi connectivity index (χ4n) is 4.69. The highest BCUT2D eigenvalue weighted by Crippen LogP contribution is 2.31. The van der Waals surface area contributed by atoms with E-state index in [0.29, 0.717) is 22.8 Å². The number of anilines is 4. The Morgan fingerprint density at radius 2 is 1.13 bits per heavy atom. The van der Waals surface area contributed by atoms with E-state index in [1.54, 1.807) is 46.9 Å². The van der Waals surface area contributed by atoms with Crippen LogP contribution in [0.5, 0.6) is 5.75 Å². The highest BCUT2D eigenvalue weighted by Gasteiger charge is 2.32. The molecule has 268 valence electrons. The molecule has 0 aliphatic carbocycles. The van der Waals surface area contributed by atoms with Gasteiger partial charge in [0.25, 0.3) is 0 Å². The lowest BCUT2D eigenvalue weighted by Crippen LogP contribution is -2.22. The van der Waals surface area contributed by atoms with E-state index in [9.17, 15) is 27.2 Å². The number of nitrogens with zero attached hydrogens (tertiary/aromatic N) is 4. The van der Waals surface area contributed by atoms with Gasteiger partial charge >= 0.3 is 18.4 Å². The largest absolute Gasteiger partial charge is 0.573 e. The molecular weight excluding hydrogens is 816 g/mol. The second-order valence-corrected chi connectivity index (χ2v) is 12.6. The number of aromatic nitrogens is 4. The first kappa shape index (κ1) is 37.6. The van der Waals surface area contributed by atoms with Crippen LogP contribution in [-0.2, 0) is 14.1 Å². The van der Waals surface area contributed by atoms with Crippen LogP contribution in [-0.4, -0.2) is 38.0 Å². The van der Waals surface area contributed by atoms with Crippen LogP contribution in [0.25, 0.3) is 22.5 Å². The lowest BCUT2D eigenvalue weighted by molar-refractivity contribution is -0.274. The highest BCUT2D eigenvalue weighted by molar-refractivity contribution is 9.11. The number of benzene rings is 4. The molecule has 0 unspecified atom stereocenters. The molecule has 4 aromatic carbocycles. The number of carbonyl (C=O) groups excluding carboxylic acids is 2. The van der Waals surface area contributed by atoms with E-state index in [0.717, 1.165) is 31.8 Å². The first-order valence-corrected chi connectivity index (χ1v) is 16.7. The van der Waals surface area contributed by atoms with Crippen LogP contribution in [0, 0.1) is 5.82 Å². The van der Waals surface area contributed by atoms with Crippen molar-refractivity contribution >= 4 is 66.7 Å². The number of carbonyl (C=O) groups is 2. The molecule has 0 aliphatic heterocycles. The molecule has 4 amide bonds. The summed E-state index contributed by atoms with van der Waals surface area (Å²) in [5.41, 5.74) is 4.59. The van der Waals surface area contributed by atoms with E-state index in [1.165, 1.54) is 42.5 Å². The van der Waals surface area contributed by atoms with Gasteiger partial charge < -0.3 is 26.0 Å². The van der Waals surface area contributed by atoms with E-state index >= 15 is 0 Å². The van der Waals surface area contributed by atoms with Crippen LogP contribution in [0.15, 0.2) is 118 Å². The van der Waals surface area contributed by atoms with Crippen molar-refractivity contribution in [2.45, 2.75) is 6.36 Å². The summed E-state index contributed by atoms with van der Waals surface area (Å²) in [5.74, 6) is -0.856. The Balaban J connectivity index is 0.000000203. The van der Waals surface area contributed by atoms with E-state index < -0.39 is 24.2 Å². The van der Waals surface area contributed by atoms with E-state index in [2.05, 4.69) is 68.1 Å². The maximum atomic E-state index is 12.9. The third kappa shape index (κ3) is 10.7. The first-order valence-electron chi connectivity index (χ1n) is 15.1. The number of hydrogen-bond donors (Lipinski definition) is 4. The van der Waals surface area contributed by atoms with Crippen LogP contribution in [0.2, 0.25) is 0 Å². The van der Waals surface area contributed by atoms with E-state index in [4.69, 9.17) is 0 Å². The molecule has 0 aliphatic rings. The third-order valence-electron chi connectivity index (χ3n) is 6.82. The minimum Gasteiger partial charge on any atom is -0.404 e. The summed E-state index contributed by atoms with van der Waals surface area (Å²) in [4.78, 5) is 24.3. The van der Waals surface area contributed by atoms with Crippen LogP contribution in [0.1, 0.15) is 0 Å². The Kier molecular flexibility index (Phi) is 12.0. The summed E-state index contributed by atoms with van der Waals surface area (Å²) >= 11 is 6.88. The molecule has 0 saturated heterocycles. The average Bonchev–Trinajstić information content (AvgIpc) is 3.61. The molecule has 6 rings (SSSR count). The number of halogens is 6. The summed E-state index contributed by atoms with van der Waals surface area (Å²) in [6.07, 6.45) is -1.21. The fourth-order valence-corrected chi connectivity index (χ4v) is 5.90. The SMILES string of the molecule is Cn1cc(Br)c(-c2cccc(NC(=O)Nc3ccc(F)cc3)c2)n1.Cn1cc(Br)c(-c2cccc(NC(=O)Nc3ccccc3OC(F)(F)F)c2)n1. The third-order valence-corrected chi connectivity index (χ3v) is 7.98. The van der Waals surface area contributed by atoms with Crippen LogP contribution >= 0.6 is 31.9 Å². The van der Waals surface area contributed by atoms with Gasteiger partial charge in [0.05, 0.1) is 14.6 Å². The summed E-state index contributed by atoms with van der Waals surface area (Å²) in [7, 11) is 3.62. The zero-order valence-electron chi connectivity index (χ0n) is 27.2. The summed E-state index contributed by atoms with van der Waals surface area (Å²) < 4.78 is 59.3. The Morgan fingerprint density at radius 3 is 1.62 bits per heavy atom. The topological polar surface area (TPSA) is 127 Å². The number of alkyl halides is 3.